The van der Waals surface area contributed by atoms with Crippen LogP contribution in [-0.2, 0) is 10.0 Å². The minimum atomic E-state index is -4.08. The van der Waals surface area contributed by atoms with E-state index >= 15 is 0 Å². The van der Waals surface area contributed by atoms with Crippen molar-refractivity contribution in [2.45, 2.75) is 11.5 Å². The normalized spacial score (nSPS) is 11.6. The summed E-state index contributed by atoms with van der Waals surface area (Å²) in [5.74, 6) is -0.375. The Bertz CT molecular complexity index is 1430. The summed E-state index contributed by atoms with van der Waals surface area (Å²) in [7, 11) is -4.08. The maximum absolute atomic E-state index is 13.3. The first-order chi connectivity index (χ1) is 14.8. The molecule has 2 heterocycles. The molecule has 0 unspecified atom stereocenters. The zero-order chi connectivity index (χ0) is 22.2. The molecule has 4 aromatic rings. The first-order valence-corrected chi connectivity index (χ1v) is 10.5. The molecule has 0 saturated heterocycles. The molecule has 0 aliphatic heterocycles. The van der Waals surface area contributed by atoms with Crippen molar-refractivity contribution in [3.8, 4) is 23.1 Å². The summed E-state index contributed by atoms with van der Waals surface area (Å²) in [5.41, 5.74) is 0.429. The molecule has 0 amide bonds. The molecular formula is C20H11ClF2N4O3S. The third-order valence-electron chi connectivity index (χ3n) is 4.40. The van der Waals surface area contributed by atoms with E-state index in [1.54, 1.807) is 18.2 Å². The van der Waals surface area contributed by atoms with Gasteiger partial charge in [-0.05, 0) is 35.9 Å². The fraction of sp³-hybridized carbons (Fsp3) is 0.0500. The van der Waals surface area contributed by atoms with E-state index in [2.05, 4.69) is 14.7 Å². The number of nitrogens with zero attached hydrogens (tertiary/aromatic N) is 4. The van der Waals surface area contributed by atoms with Crippen molar-refractivity contribution in [2.24, 2.45) is 0 Å². The van der Waals surface area contributed by atoms with Gasteiger partial charge in [-0.1, -0.05) is 24.3 Å². The van der Waals surface area contributed by atoms with Crippen LogP contribution >= 0.6 is 11.6 Å². The van der Waals surface area contributed by atoms with Crippen molar-refractivity contribution < 1.29 is 21.9 Å². The van der Waals surface area contributed by atoms with Gasteiger partial charge >= 0.3 is 6.61 Å². The Kier molecular flexibility index (Phi) is 5.31. The molecule has 4 rings (SSSR count). The Morgan fingerprint density at radius 3 is 2.58 bits per heavy atom. The lowest BCUT2D eigenvalue weighted by Gasteiger charge is -2.09. The molecule has 31 heavy (non-hydrogen) atoms. The highest BCUT2D eigenvalue weighted by Crippen LogP contribution is 2.37. The summed E-state index contributed by atoms with van der Waals surface area (Å²) in [6.45, 7) is -3.16. The van der Waals surface area contributed by atoms with Gasteiger partial charge in [0.25, 0.3) is 10.0 Å². The summed E-state index contributed by atoms with van der Waals surface area (Å²) in [5, 5.41) is 9.36. The lowest BCUT2D eigenvalue weighted by molar-refractivity contribution is -0.0498. The summed E-state index contributed by atoms with van der Waals surface area (Å²) < 4.78 is 57.8. The Morgan fingerprint density at radius 2 is 1.90 bits per heavy atom. The zero-order valence-electron chi connectivity index (χ0n) is 15.4. The molecular weight excluding hydrogens is 450 g/mol. The average molecular weight is 461 g/mol. The molecule has 0 bridgehead atoms. The molecule has 7 nitrogen and oxygen atoms in total. The SMILES string of the molecule is N#Cc1ccc2c(-c3nc(Cl)ncc3OC(F)F)cn(S(=O)(=O)c3ccccc3)c2c1. The summed E-state index contributed by atoms with van der Waals surface area (Å²) in [6.07, 6.45) is 2.21. The number of ether oxygens (including phenoxy) is 1. The van der Waals surface area contributed by atoms with E-state index in [-0.39, 0.29) is 38.3 Å². The second-order valence-corrected chi connectivity index (χ2v) is 8.38. The first-order valence-electron chi connectivity index (χ1n) is 8.65. The van der Waals surface area contributed by atoms with Crippen LogP contribution in [0.5, 0.6) is 5.75 Å². The predicted molar refractivity (Wildman–Crippen MR) is 108 cm³/mol. The van der Waals surface area contributed by atoms with E-state index in [1.807, 2.05) is 6.07 Å². The molecule has 0 aliphatic rings. The van der Waals surface area contributed by atoms with Crippen LogP contribution in [0.15, 0.2) is 65.8 Å². The molecule has 0 spiro atoms. The topological polar surface area (TPSA) is 97.9 Å². The van der Waals surface area contributed by atoms with Crippen molar-refractivity contribution in [3.05, 3.63) is 71.8 Å². The van der Waals surface area contributed by atoms with Crippen molar-refractivity contribution in [2.75, 3.05) is 0 Å². The van der Waals surface area contributed by atoms with Gasteiger partial charge in [0, 0.05) is 17.1 Å². The Balaban J connectivity index is 2.05. The van der Waals surface area contributed by atoms with Crippen LogP contribution in [0, 0.1) is 11.3 Å². The van der Waals surface area contributed by atoms with Gasteiger partial charge in [0.15, 0.2) is 5.75 Å². The van der Waals surface area contributed by atoms with Gasteiger partial charge in [0.2, 0.25) is 5.28 Å². The van der Waals surface area contributed by atoms with Crippen LogP contribution in [0.4, 0.5) is 8.78 Å². The number of halogens is 3. The van der Waals surface area contributed by atoms with Crippen LogP contribution < -0.4 is 4.74 Å². The van der Waals surface area contributed by atoms with E-state index in [4.69, 9.17) is 11.6 Å². The molecule has 0 aliphatic carbocycles. The smallest absolute Gasteiger partial charge is 0.387 e. The van der Waals surface area contributed by atoms with E-state index in [1.165, 1.54) is 36.5 Å². The Morgan fingerprint density at radius 1 is 1.16 bits per heavy atom. The molecule has 0 saturated carbocycles. The Hall–Kier alpha value is -3.55. The Labute approximate surface area is 180 Å². The highest BCUT2D eigenvalue weighted by molar-refractivity contribution is 7.90. The quantitative estimate of drug-likeness (QED) is 0.408. The average Bonchev–Trinajstić information content (AvgIpc) is 3.14. The minimum absolute atomic E-state index is 0.00517. The number of hydrogen-bond acceptors (Lipinski definition) is 6. The lowest BCUT2D eigenvalue weighted by Crippen LogP contribution is -2.11. The molecule has 0 atom stereocenters. The highest BCUT2D eigenvalue weighted by atomic mass is 35.5. The molecule has 11 heteroatoms. The van der Waals surface area contributed by atoms with Crippen LogP contribution in [0.25, 0.3) is 22.2 Å². The van der Waals surface area contributed by atoms with Crippen molar-refractivity contribution in [1.82, 2.24) is 13.9 Å². The number of nitriles is 1. The number of hydrogen-bond donors (Lipinski definition) is 0. The van der Waals surface area contributed by atoms with Crippen LogP contribution in [0.2, 0.25) is 5.28 Å². The minimum Gasteiger partial charge on any atom is -0.431 e. The van der Waals surface area contributed by atoms with Gasteiger partial charge in [-0.3, -0.25) is 0 Å². The lowest BCUT2D eigenvalue weighted by atomic mass is 10.1. The van der Waals surface area contributed by atoms with Gasteiger partial charge in [0.05, 0.1) is 28.2 Å². The fourth-order valence-electron chi connectivity index (χ4n) is 3.09. The number of benzene rings is 2. The number of aromatic nitrogens is 3. The second kappa shape index (κ2) is 7.94. The molecule has 0 radical (unpaired) electrons. The molecule has 2 aromatic carbocycles. The predicted octanol–water partition coefficient (Wildman–Crippen LogP) is 4.46. The molecule has 0 fully saturated rings. The van der Waals surface area contributed by atoms with E-state index < -0.39 is 16.6 Å². The number of alkyl halides is 2. The number of rotatable bonds is 5. The van der Waals surface area contributed by atoms with Crippen LogP contribution in [0.1, 0.15) is 5.56 Å². The largest absolute Gasteiger partial charge is 0.431 e. The third kappa shape index (κ3) is 3.81. The number of fused-ring (bicyclic) bond motifs is 1. The maximum Gasteiger partial charge on any atom is 0.387 e. The van der Waals surface area contributed by atoms with Crippen LogP contribution in [-0.4, -0.2) is 29.0 Å². The fourth-order valence-corrected chi connectivity index (χ4v) is 4.60. The summed E-state index contributed by atoms with van der Waals surface area (Å²) >= 11 is 5.86. The third-order valence-corrected chi connectivity index (χ3v) is 6.27. The van der Waals surface area contributed by atoms with Gasteiger partial charge < -0.3 is 4.74 Å². The van der Waals surface area contributed by atoms with Gasteiger partial charge in [-0.25, -0.2) is 22.4 Å². The zero-order valence-corrected chi connectivity index (χ0v) is 17.0. The second-order valence-electron chi connectivity index (χ2n) is 6.23. The monoisotopic (exact) mass is 460 g/mol. The summed E-state index contributed by atoms with van der Waals surface area (Å²) in [4.78, 5) is 7.64. The first kappa shape index (κ1) is 20.7. The van der Waals surface area contributed by atoms with Crippen molar-refractivity contribution in [3.63, 3.8) is 0 Å². The standard InChI is InChI=1S/C20H11ClF2N4O3S/c21-19-25-10-17(30-20(22)23)18(26-19)15-11-27(16-8-12(9-24)6-7-14(15)16)31(28,29)13-4-2-1-3-5-13/h1-8,10-11,20H. The molecule has 0 N–H and O–H groups in total. The van der Waals surface area contributed by atoms with Gasteiger partial charge in [-0.15, -0.1) is 0 Å². The molecule has 156 valence electrons. The van der Waals surface area contributed by atoms with E-state index in [0.29, 0.717) is 5.39 Å². The van der Waals surface area contributed by atoms with E-state index in [9.17, 15) is 22.5 Å². The van der Waals surface area contributed by atoms with Gasteiger partial charge in [-0.2, -0.15) is 14.0 Å². The highest BCUT2D eigenvalue weighted by Gasteiger charge is 2.25. The summed E-state index contributed by atoms with van der Waals surface area (Å²) in [6, 6.07) is 14.0. The molecule has 2 aromatic heterocycles. The van der Waals surface area contributed by atoms with Gasteiger partial charge in [0.1, 0.15) is 5.69 Å². The van der Waals surface area contributed by atoms with Crippen LogP contribution in [0.3, 0.4) is 0 Å². The van der Waals surface area contributed by atoms with Crippen molar-refractivity contribution >= 4 is 32.5 Å². The van der Waals surface area contributed by atoms with Crippen molar-refractivity contribution in [1.29, 1.82) is 5.26 Å². The maximum atomic E-state index is 13.3. The van der Waals surface area contributed by atoms with E-state index in [0.717, 1.165) is 10.2 Å².